The Morgan fingerprint density at radius 3 is 2.27 bits per heavy atom. The highest BCUT2D eigenvalue weighted by Crippen LogP contribution is 2.51. The van der Waals surface area contributed by atoms with Crippen LogP contribution in [0.4, 0.5) is 26.3 Å². The van der Waals surface area contributed by atoms with Gasteiger partial charge in [0.15, 0.2) is 0 Å². The van der Waals surface area contributed by atoms with Crippen LogP contribution in [0.3, 0.4) is 0 Å². The normalized spacial score (nSPS) is 15.5. The van der Waals surface area contributed by atoms with Crippen LogP contribution in [0.15, 0.2) is 27.9 Å². The lowest BCUT2D eigenvalue weighted by Gasteiger charge is -2.33. The third-order valence-corrected chi connectivity index (χ3v) is 5.46. The van der Waals surface area contributed by atoms with Crippen molar-refractivity contribution in [3.8, 4) is 0 Å². The van der Waals surface area contributed by atoms with Crippen LogP contribution in [-0.2, 0) is 18.6 Å². The van der Waals surface area contributed by atoms with E-state index in [0.717, 1.165) is 11.8 Å². The van der Waals surface area contributed by atoms with Gasteiger partial charge in [0.05, 0.1) is 5.52 Å². The van der Waals surface area contributed by atoms with Gasteiger partial charge in [-0.3, -0.25) is 4.79 Å². The van der Waals surface area contributed by atoms with E-state index in [1.807, 2.05) is 0 Å². The molecule has 0 amide bonds. The summed E-state index contributed by atoms with van der Waals surface area (Å²) in [6.45, 7) is 1.95. The second-order valence-corrected chi connectivity index (χ2v) is 7.07. The summed E-state index contributed by atoms with van der Waals surface area (Å²) < 4.78 is 80.7. The molecule has 0 spiro atoms. The van der Waals surface area contributed by atoms with Gasteiger partial charge in [-0.15, -0.1) is 11.8 Å². The van der Waals surface area contributed by atoms with E-state index in [1.54, 1.807) is 6.92 Å². The average Bonchev–Trinajstić information content (AvgIpc) is 2.54. The van der Waals surface area contributed by atoms with E-state index < -0.39 is 23.5 Å². The van der Waals surface area contributed by atoms with E-state index in [0.29, 0.717) is 35.5 Å². The molecular formula is C16H13F6NO2S. The molecule has 0 atom stereocenters. The van der Waals surface area contributed by atoms with Gasteiger partial charge in [0.2, 0.25) is 0 Å². The number of alkyl halides is 6. The van der Waals surface area contributed by atoms with Crippen molar-refractivity contribution in [2.75, 3.05) is 5.75 Å². The largest absolute Gasteiger partial charge is 0.430 e. The quantitative estimate of drug-likeness (QED) is 0.780. The van der Waals surface area contributed by atoms with Crippen LogP contribution in [0, 0.1) is 0 Å². The molecule has 1 aliphatic rings. The molecule has 2 aromatic rings. The number of benzene rings is 1. The number of thioether (sulfide) groups is 1. The number of hydrogen-bond donors (Lipinski definition) is 1. The first kappa shape index (κ1) is 19.1. The summed E-state index contributed by atoms with van der Waals surface area (Å²) in [7, 11) is 0. The lowest BCUT2D eigenvalue weighted by Crippen LogP contribution is -2.54. The molecule has 26 heavy (non-hydrogen) atoms. The van der Waals surface area contributed by atoms with Crippen molar-refractivity contribution in [2.24, 2.45) is 0 Å². The predicted octanol–water partition coefficient (Wildman–Crippen LogP) is 3.98. The van der Waals surface area contributed by atoms with Crippen molar-refractivity contribution < 1.29 is 31.4 Å². The molecule has 0 saturated heterocycles. The second kappa shape index (κ2) is 5.91. The fourth-order valence-electron chi connectivity index (χ4n) is 3.11. The maximum atomic E-state index is 13.2. The standard InChI is InChI=1S/C16H13F6NO2S/c1-2-8-5-12(24)23-3-4-26-11-7-9(6-10(8)13(11)23)14(25,15(17,18)19)16(20,21)22/h5-7,25H,2-4H2,1H3. The minimum Gasteiger partial charge on any atom is -0.369 e. The maximum absolute atomic E-state index is 13.2. The minimum absolute atomic E-state index is 0.110. The molecule has 0 radical (unpaired) electrons. The average molecular weight is 397 g/mol. The maximum Gasteiger partial charge on any atom is 0.430 e. The van der Waals surface area contributed by atoms with Crippen LogP contribution in [0.5, 0.6) is 0 Å². The number of aryl methyl sites for hydroxylation is 2. The van der Waals surface area contributed by atoms with Crippen molar-refractivity contribution >= 4 is 22.7 Å². The SMILES string of the molecule is CCc1cc(=O)n2c3c(cc(C(O)(C(F)(F)F)C(F)(F)F)cc13)SCC2. The summed E-state index contributed by atoms with van der Waals surface area (Å²) in [6, 6.07) is 2.59. The van der Waals surface area contributed by atoms with Gasteiger partial charge in [0, 0.05) is 34.2 Å². The number of pyridine rings is 1. The zero-order valence-electron chi connectivity index (χ0n) is 13.3. The first-order chi connectivity index (χ1) is 11.9. The fraction of sp³-hybridized carbons (Fsp3) is 0.438. The smallest absolute Gasteiger partial charge is 0.369 e. The molecule has 0 bridgehead atoms. The molecule has 142 valence electrons. The highest BCUT2D eigenvalue weighted by Gasteiger charge is 2.71. The third kappa shape index (κ3) is 2.61. The number of halogens is 6. The Kier molecular flexibility index (Phi) is 4.34. The third-order valence-electron chi connectivity index (χ3n) is 4.45. The monoisotopic (exact) mass is 397 g/mol. The summed E-state index contributed by atoms with van der Waals surface area (Å²) in [4.78, 5) is 12.3. The van der Waals surface area contributed by atoms with E-state index in [9.17, 15) is 36.2 Å². The summed E-state index contributed by atoms with van der Waals surface area (Å²) in [6.07, 6.45) is -11.7. The molecule has 0 unspecified atom stereocenters. The fourth-order valence-corrected chi connectivity index (χ4v) is 4.18. The van der Waals surface area contributed by atoms with Crippen molar-refractivity contribution in [1.82, 2.24) is 4.57 Å². The Morgan fingerprint density at radius 1 is 1.12 bits per heavy atom. The van der Waals surface area contributed by atoms with Crippen LogP contribution in [0.25, 0.3) is 10.9 Å². The Balaban J connectivity index is 2.44. The Morgan fingerprint density at radius 2 is 1.73 bits per heavy atom. The molecular weight excluding hydrogens is 384 g/mol. The number of aliphatic hydroxyl groups is 1. The highest BCUT2D eigenvalue weighted by atomic mass is 32.2. The molecule has 0 fully saturated rings. The Bertz CT molecular complexity index is 917. The van der Waals surface area contributed by atoms with Crippen molar-refractivity contribution in [3.63, 3.8) is 0 Å². The number of rotatable bonds is 2. The second-order valence-electron chi connectivity index (χ2n) is 5.94. The molecule has 1 aromatic carbocycles. The van der Waals surface area contributed by atoms with Crippen molar-refractivity contribution in [1.29, 1.82) is 0 Å². The summed E-state index contributed by atoms with van der Waals surface area (Å²) in [5.74, 6) is 0.327. The minimum atomic E-state index is -5.95. The molecule has 10 heteroatoms. The van der Waals surface area contributed by atoms with E-state index in [-0.39, 0.29) is 22.3 Å². The van der Waals surface area contributed by atoms with Gasteiger partial charge in [0.1, 0.15) is 0 Å². The zero-order chi connectivity index (χ0) is 19.5. The molecule has 0 aliphatic carbocycles. The molecule has 3 nitrogen and oxygen atoms in total. The van der Waals surface area contributed by atoms with E-state index in [1.165, 1.54) is 10.6 Å². The molecule has 2 heterocycles. The van der Waals surface area contributed by atoms with Gasteiger partial charge in [0.25, 0.3) is 11.2 Å². The summed E-state index contributed by atoms with van der Waals surface area (Å²) in [5, 5.41) is 9.82. The van der Waals surface area contributed by atoms with Crippen LogP contribution in [-0.4, -0.2) is 27.8 Å². The molecule has 1 N–H and O–H groups in total. The first-order valence-corrected chi connectivity index (χ1v) is 8.60. The zero-order valence-corrected chi connectivity index (χ0v) is 14.1. The summed E-state index contributed by atoms with van der Waals surface area (Å²) >= 11 is 1.06. The number of hydrogen-bond acceptors (Lipinski definition) is 3. The van der Waals surface area contributed by atoms with Gasteiger partial charge in [-0.1, -0.05) is 6.92 Å². The van der Waals surface area contributed by atoms with Gasteiger partial charge in [-0.2, -0.15) is 26.3 Å². The van der Waals surface area contributed by atoms with Crippen LogP contribution >= 0.6 is 11.8 Å². The van der Waals surface area contributed by atoms with Crippen LogP contribution < -0.4 is 5.56 Å². The Hall–Kier alpha value is -1.68. The van der Waals surface area contributed by atoms with E-state index >= 15 is 0 Å². The molecule has 3 rings (SSSR count). The van der Waals surface area contributed by atoms with Crippen molar-refractivity contribution in [2.45, 2.75) is 42.7 Å². The van der Waals surface area contributed by atoms with Crippen LogP contribution in [0.1, 0.15) is 18.1 Å². The Labute approximate surface area is 147 Å². The summed E-state index contributed by atoms with van der Waals surface area (Å²) in [5.41, 5.74) is -6.01. The number of aromatic nitrogens is 1. The van der Waals surface area contributed by atoms with Gasteiger partial charge >= 0.3 is 12.4 Å². The van der Waals surface area contributed by atoms with Gasteiger partial charge in [-0.25, -0.2) is 0 Å². The molecule has 1 aromatic heterocycles. The first-order valence-electron chi connectivity index (χ1n) is 7.61. The number of nitrogens with zero attached hydrogens (tertiary/aromatic N) is 1. The van der Waals surface area contributed by atoms with Gasteiger partial charge in [-0.05, 0) is 24.1 Å². The highest BCUT2D eigenvalue weighted by molar-refractivity contribution is 7.99. The lowest BCUT2D eigenvalue weighted by atomic mass is 9.90. The van der Waals surface area contributed by atoms with Crippen molar-refractivity contribution in [3.05, 3.63) is 39.7 Å². The molecule has 1 aliphatic heterocycles. The lowest BCUT2D eigenvalue weighted by molar-refractivity contribution is -0.376. The predicted molar refractivity (Wildman–Crippen MR) is 84.3 cm³/mol. The topological polar surface area (TPSA) is 42.2 Å². The molecule has 0 saturated carbocycles. The van der Waals surface area contributed by atoms with E-state index in [2.05, 4.69) is 0 Å². The van der Waals surface area contributed by atoms with Crippen LogP contribution in [0.2, 0.25) is 0 Å². The van der Waals surface area contributed by atoms with Gasteiger partial charge < -0.3 is 9.67 Å². The van der Waals surface area contributed by atoms with E-state index in [4.69, 9.17) is 0 Å².